The lowest BCUT2D eigenvalue weighted by Crippen LogP contribution is -2.27. The number of para-hydroxylation sites is 1. The molecule has 3 nitrogen and oxygen atoms in total. The number of ether oxygens (including phenoxy) is 1. The summed E-state index contributed by atoms with van der Waals surface area (Å²) in [4.78, 5) is 0. The predicted octanol–water partition coefficient (Wildman–Crippen LogP) is 2.96. The van der Waals surface area contributed by atoms with Crippen LogP contribution in [0.25, 0.3) is 0 Å². The van der Waals surface area contributed by atoms with E-state index in [0.29, 0.717) is 5.75 Å². The zero-order valence-electron chi connectivity index (χ0n) is 11.0. The Hall–Kier alpha value is -2.21. The second-order valence-electron chi connectivity index (χ2n) is 4.40. The first-order valence-corrected chi connectivity index (χ1v) is 6.30. The van der Waals surface area contributed by atoms with Crippen molar-refractivity contribution >= 4 is 5.69 Å². The lowest BCUT2D eigenvalue weighted by atomic mass is 10.2. The highest BCUT2D eigenvalue weighted by atomic mass is 19.1. The van der Waals surface area contributed by atoms with Gasteiger partial charge in [-0.25, -0.2) is 13.2 Å². The van der Waals surface area contributed by atoms with Gasteiger partial charge in [0.05, 0.1) is 0 Å². The van der Waals surface area contributed by atoms with Gasteiger partial charge in [-0.05, 0) is 36.4 Å². The summed E-state index contributed by atoms with van der Waals surface area (Å²) in [6.45, 7) is -0.173. The van der Waals surface area contributed by atoms with Gasteiger partial charge in [0.1, 0.15) is 41.6 Å². The molecule has 112 valence electrons. The number of benzene rings is 2. The van der Waals surface area contributed by atoms with Crippen molar-refractivity contribution in [1.29, 1.82) is 0 Å². The molecule has 0 aromatic heterocycles. The molecule has 0 amide bonds. The van der Waals surface area contributed by atoms with Crippen LogP contribution in [0.15, 0.2) is 42.5 Å². The lowest BCUT2D eigenvalue weighted by Gasteiger charge is -2.14. The van der Waals surface area contributed by atoms with E-state index in [2.05, 4.69) is 5.32 Å². The first-order chi connectivity index (χ1) is 10.1. The molecule has 2 rings (SSSR count). The Balaban J connectivity index is 1.82. The van der Waals surface area contributed by atoms with Crippen LogP contribution < -0.4 is 10.1 Å². The van der Waals surface area contributed by atoms with E-state index in [4.69, 9.17) is 4.74 Å². The van der Waals surface area contributed by atoms with Crippen molar-refractivity contribution in [3.63, 3.8) is 0 Å². The minimum atomic E-state index is -0.978. The van der Waals surface area contributed by atoms with Gasteiger partial charge < -0.3 is 15.2 Å². The topological polar surface area (TPSA) is 41.5 Å². The molecular weight excluding hydrogens is 283 g/mol. The van der Waals surface area contributed by atoms with Crippen molar-refractivity contribution in [1.82, 2.24) is 0 Å². The van der Waals surface area contributed by atoms with Crippen LogP contribution in [0.1, 0.15) is 0 Å². The predicted molar refractivity (Wildman–Crippen MR) is 72.7 cm³/mol. The Morgan fingerprint density at radius 2 is 1.62 bits per heavy atom. The summed E-state index contributed by atoms with van der Waals surface area (Å²) >= 11 is 0. The molecule has 2 N–H and O–H groups in total. The minimum Gasteiger partial charge on any atom is -0.491 e. The Bertz CT molecular complexity index is 570. The highest BCUT2D eigenvalue weighted by Crippen LogP contribution is 2.18. The Morgan fingerprint density at radius 1 is 1.00 bits per heavy atom. The number of aliphatic hydroxyl groups is 1. The maximum atomic E-state index is 13.3. The molecular formula is C15H14F3NO2. The van der Waals surface area contributed by atoms with Crippen LogP contribution in [0.5, 0.6) is 5.75 Å². The summed E-state index contributed by atoms with van der Waals surface area (Å²) in [6.07, 6.45) is -0.978. The van der Waals surface area contributed by atoms with Crippen molar-refractivity contribution in [2.45, 2.75) is 6.10 Å². The number of halogens is 3. The van der Waals surface area contributed by atoms with Crippen molar-refractivity contribution in [2.75, 3.05) is 18.5 Å². The SMILES string of the molecule is OC(CNc1c(F)cccc1F)COc1ccc(F)cc1. The van der Waals surface area contributed by atoms with E-state index >= 15 is 0 Å². The molecule has 2 aromatic rings. The van der Waals surface area contributed by atoms with E-state index in [1.54, 1.807) is 0 Å². The lowest BCUT2D eigenvalue weighted by molar-refractivity contribution is 0.117. The van der Waals surface area contributed by atoms with Gasteiger partial charge in [0.15, 0.2) is 0 Å². The number of hydrogen-bond acceptors (Lipinski definition) is 3. The third-order valence-electron chi connectivity index (χ3n) is 2.73. The van der Waals surface area contributed by atoms with E-state index < -0.39 is 17.7 Å². The molecule has 0 bridgehead atoms. The van der Waals surface area contributed by atoms with Crippen molar-refractivity contribution in [2.24, 2.45) is 0 Å². The van der Waals surface area contributed by atoms with Gasteiger partial charge in [0, 0.05) is 6.54 Å². The van der Waals surface area contributed by atoms with Crippen LogP contribution in [0, 0.1) is 17.5 Å². The van der Waals surface area contributed by atoms with E-state index in [9.17, 15) is 18.3 Å². The van der Waals surface area contributed by atoms with Gasteiger partial charge in [0.2, 0.25) is 0 Å². The van der Waals surface area contributed by atoms with Gasteiger partial charge in [-0.15, -0.1) is 0 Å². The second-order valence-corrected chi connectivity index (χ2v) is 4.40. The maximum Gasteiger partial charge on any atom is 0.149 e. The monoisotopic (exact) mass is 297 g/mol. The molecule has 1 atom stereocenters. The fourth-order valence-electron chi connectivity index (χ4n) is 1.67. The van der Waals surface area contributed by atoms with Crippen molar-refractivity contribution < 1.29 is 23.0 Å². The maximum absolute atomic E-state index is 13.3. The Morgan fingerprint density at radius 3 is 2.24 bits per heavy atom. The van der Waals surface area contributed by atoms with Crippen LogP contribution >= 0.6 is 0 Å². The molecule has 0 aliphatic rings. The van der Waals surface area contributed by atoms with Crippen LogP contribution in [-0.4, -0.2) is 24.4 Å². The van der Waals surface area contributed by atoms with Crippen molar-refractivity contribution in [3.8, 4) is 5.75 Å². The minimum absolute atomic E-state index is 0.0843. The van der Waals surface area contributed by atoms with Gasteiger partial charge in [0.25, 0.3) is 0 Å². The molecule has 1 unspecified atom stereocenters. The zero-order chi connectivity index (χ0) is 15.2. The number of hydrogen-bond donors (Lipinski definition) is 2. The molecule has 21 heavy (non-hydrogen) atoms. The zero-order valence-corrected chi connectivity index (χ0v) is 11.0. The molecule has 0 spiro atoms. The molecule has 2 aromatic carbocycles. The summed E-state index contributed by atoms with van der Waals surface area (Å²) in [6, 6.07) is 8.80. The van der Waals surface area contributed by atoms with Crippen LogP contribution in [0.2, 0.25) is 0 Å². The smallest absolute Gasteiger partial charge is 0.149 e. The summed E-state index contributed by atoms with van der Waals surface area (Å²) in [5.74, 6) is -1.46. The van der Waals surface area contributed by atoms with E-state index in [-0.39, 0.29) is 24.7 Å². The molecule has 0 saturated carbocycles. The van der Waals surface area contributed by atoms with Gasteiger partial charge >= 0.3 is 0 Å². The Labute approximate surface area is 120 Å². The molecule has 6 heteroatoms. The van der Waals surface area contributed by atoms with Gasteiger partial charge in [-0.3, -0.25) is 0 Å². The number of rotatable bonds is 6. The standard InChI is InChI=1S/C15H14F3NO2/c16-10-4-6-12(7-5-10)21-9-11(20)8-19-15-13(17)2-1-3-14(15)18/h1-7,11,19-20H,8-9H2. The highest BCUT2D eigenvalue weighted by Gasteiger charge is 2.11. The molecule has 0 aliphatic carbocycles. The fraction of sp³-hybridized carbons (Fsp3) is 0.200. The summed E-state index contributed by atoms with van der Waals surface area (Å²) in [5.41, 5.74) is -0.293. The van der Waals surface area contributed by atoms with Gasteiger partial charge in [-0.1, -0.05) is 6.07 Å². The molecule has 0 fully saturated rings. The van der Waals surface area contributed by atoms with Crippen molar-refractivity contribution in [3.05, 3.63) is 59.9 Å². The molecule has 0 saturated heterocycles. The number of nitrogens with one attached hydrogen (secondary N) is 1. The van der Waals surface area contributed by atoms with E-state index in [1.807, 2.05) is 0 Å². The van der Waals surface area contributed by atoms with Crippen LogP contribution in [0.3, 0.4) is 0 Å². The number of aliphatic hydroxyl groups excluding tert-OH is 1. The van der Waals surface area contributed by atoms with Crippen LogP contribution in [0.4, 0.5) is 18.9 Å². The Kier molecular flexibility index (Phi) is 5.05. The highest BCUT2D eigenvalue weighted by molar-refractivity contribution is 5.46. The molecule has 0 aliphatic heterocycles. The molecule has 0 radical (unpaired) electrons. The fourth-order valence-corrected chi connectivity index (χ4v) is 1.67. The molecule has 0 heterocycles. The van der Waals surface area contributed by atoms with Gasteiger partial charge in [-0.2, -0.15) is 0 Å². The first kappa shape index (κ1) is 15.2. The van der Waals surface area contributed by atoms with E-state index in [1.165, 1.54) is 30.3 Å². The quantitative estimate of drug-likeness (QED) is 0.861. The average Bonchev–Trinajstić information content (AvgIpc) is 2.46. The summed E-state index contributed by atoms with van der Waals surface area (Å²) in [7, 11) is 0. The number of anilines is 1. The van der Waals surface area contributed by atoms with E-state index in [0.717, 1.165) is 12.1 Å². The first-order valence-electron chi connectivity index (χ1n) is 6.30. The average molecular weight is 297 g/mol. The normalized spacial score (nSPS) is 12.0. The largest absolute Gasteiger partial charge is 0.491 e. The summed E-state index contributed by atoms with van der Waals surface area (Å²) < 4.78 is 44.6. The third kappa shape index (κ3) is 4.39. The van der Waals surface area contributed by atoms with Crippen LogP contribution in [-0.2, 0) is 0 Å². The second kappa shape index (κ2) is 6.99. The third-order valence-corrected chi connectivity index (χ3v) is 2.73. The summed E-state index contributed by atoms with van der Waals surface area (Å²) in [5, 5.41) is 12.2.